The van der Waals surface area contributed by atoms with Crippen LogP contribution in [0.3, 0.4) is 0 Å². The van der Waals surface area contributed by atoms with Crippen LogP contribution in [0.5, 0.6) is 5.75 Å². The highest BCUT2D eigenvalue weighted by molar-refractivity contribution is 5.94. The van der Waals surface area contributed by atoms with Crippen LogP contribution in [0, 0.1) is 5.92 Å². The number of methoxy groups -OCH3 is 1. The van der Waals surface area contributed by atoms with Crippen molar-refractivity contribution < 1.29 is 14.3 Å². The quantitative estimate of drug-likeness (QED) is 0.161. The molecule has 0 atom stereocenters. The number of nitrogens with zero attached hydrogens (tertiary/aromatic N) is 3. The van der Waals surface area contributed by atoms with E-state index < -0.39 is 0 Å². The van der Waals surface area contributed by atoms with Gasteiger partial charge in [0, 0.05) is 37.6 Å². The van der Waals surface area contributed by atoms with Crippen molar-refractivity contribution in [1.29, 1.82) is 0 Å². The smallest absolute Gasteiger partial charge is 0.247 e. The van der Waals surface area contributed by atoms with Crippen molar-refractivity contribution in [3.8, 4) is 5.75 Å². The summed E-state index contributed by atoms with van der Waals surface area (Å²) in [7, 11) is 1.67. The third kappa shape index (κ3) is 9.23. The van der Waals surface area contributed by atoms with Crippen LogP contribution in [0.15, 0.2) is 109 Å². The van der Waals surface area contributed by atoms with E-state index in [-0.39, 0.29) is 18.4 Å². The first-order valence-electron chi connectivity index (χ1n) is 14.5. The van der Waals surface area contributed by atoms with Crippen LogP contribution in [0.4, 0.5) is 0 Å². The van der Waals surface area contributed by atoms with Gasteiger partial charge in [-0.05, 0) is 59.4 Å². The first-order valence-corrected chi connectivity index (χ1v) is 14.5. The molecule has 1 heterocycles. The Morgan fingerprint density at radius 3 is 2.26 bits per heavy atom. The third-order valence-electron chi connectivity index (χ3n) is 7.16. The van der Waals surface area contributed by atoms with Crippen LogP contribution < -0.4 is 4.74 Å². The molecule has 0 saturated carbocycles. The van der Waals surface area contributed by atoms with Crippen LogP contribution in [0.25, 0.3) is 6.08 Å². The van der Waals surface area contributed by atoms with Gasteiger partial charge in [0.2, 0.25) is 11.8 Å². The van der Waals surface area contributed by atoms with Gasteiger partial charge >= 0.3 is 0 Å². The van der Waals surface area contributed by atoms with E-state index in [1.165, 1.54) is 0 Å². The molecule has 42 heavy (non-hydrogen) atoms. The Balaban J connectivity index is 1.54. The predicted molar refractivity (Wildman–Crippen MR) is 169 cm³/mol. The van der Waals surface area contributed by atoms with Gasteiger partial charge in [0.1, 0.15) is 12.3 Å². The molecule has 4 rings (SSSR count). The second-order valence-corrected chi connectivity index (χ2v) is 10.9. The van der Waals surface area contributed by atoms with Crippen molar-refractivity contribution in [2.24, 2.45) is 5.92 Å². The summed E-state index contributed by atoms with van der Waals surface area (Å²) in [6.45, 7) is 6.34. The Morgan fingerprint density at radius 2 is 1.55 bits per heavy atom. The Kier molecular flexibility index (Phi) is 11.2. The summed E-state index contributed by atoms with van der Waals surface area (Å²) in [4.78, 5) is 30.8. The second kappa shape index (κ2) is 15.4. The Bertz CT molecular complexity index is 1440. The highest BCUT2D eigenvalue weighted by Gasteiger charge is 2.22. The highest BCUT2D eigenvalue weighted by atomic mass is 16.5. The lowest BCUT2D eigenvalue weighted by molar-refractivity contribution is -0.139. The number of carbonyl (C=O) groups is 2. The van der Waals surface area contributed by atoms with Gasteiger partial charge < -0.3 is 19.1 Å². The Labute approximate surface area is 249 Å². The maximum atomic E-state index is 13.9. The second-order valence-electron chi connectivity index (χ2n) is 10.9. The van der Waals surface area contributed by atoms with E-state index >= 15 is 0 Å². The first-order chi connectivity index (χ1) is 20.4. The number of rotatable bonds is 14. The summed E-state index contributed by atoms with van der Waals surface area (Å²) in [5, 5.41) is 0. The summed E-state index contributed by atoms with van der Waals surface area (Å²) in [5.74, 6) is 0.982. The molecule has 0 unspecified atom stereocenters. The van der Waals surface area contributed by atoms with Gasteiger partial charge in [-0.1, -0.05) is 86.6 Å². The van der Waals surface area contributed by atoms with Gasteiger partial charge in [0.15, 0.2) is 0 Å². The molecule has 0 aliphatic heterocycles. The summed E-state index contributed by atoms with van der Waals surface area (Å²) < 4.78 is 7.56. The average molecular weight is 564 g/mol. The standard InChI is InChI=1S/C36H41N3O3/c1-29(2)21-23-38(35(40)20-19-30-12-6-4-7-13-30)28-36(41)39(25-31-14-8-5-9-15-31)27-33-17-11-22-37(33)26-32-16-10-18-34(24-32)42-3/h4-20,22,24,29H,21,23,25-28H2,1-3H3/b20-19+. The molecule has 6 heteroatoms. The lowest BCUT2D eigenvalue weighted by Crippen LogP contribution is -2.42. The SMILES string of the molecule is COc1cccc(Cn2cccc2CN(Cc2ccccc2)C(=O)CN(CCC(C)C)C(=O)/C=C/c2ccccc2)c1. The van der Waals surface area contributed by atoms with Crippen molar-refractivity contribution in [3.05, 3.63) is 132 Å². The van der Waals surface area contributed by atoms with E-state index in [2.05, 4.69) is 30.5 Å². The lowest BCUT2D eigenvalue weighted by atomic mass is 10.1. The molecule has 218 valence electrons. The molecule has 0 spiro atoms. The van der Waals surface area contributed by atoms with E-state index in [1.807, 2.05) is 102 Å². The van der Waals surface area contributed by atoms with Crippen LogP contribution in [-0.4, -0.2) is 46.4 Å². The molecular weight excluding hydrogens is 522 g/mol. The van der Waals surface area contributed by atoms with Crippen molar-refractivity contribution >= 4 is 17.9 Å². The average Bonchev–Trinajstić information content (AvgIpc) is 3.44. The van der Waals surface area contributed by atoms with Gasteiger partial charge in [-0.3, -0.25) is 9.59 Å². The van der Waals surface area contributed by atoms with E-state index in [0.717, 1.165) is 34.6 Å². The molecule has 0 aliphatic carbocycles. The van der Waals surface area contributed by atoms with Crippen LogP contribution in [0.1, 0.15) is 42.7 Å². The molecule has 0 radical (unpaired) electrons. The molecule has 1 aromatic heterocycles. The zero-order valence-corrected chi connectivity index (χ0v) is 24.9. The molecule has 0 fully saturated rings. The Hall–Kier alpha value is -4.58. The zero-order valence-electron chi connectivity index (χ0n) is 24.9. The molecule has 4 aromatic rings. The largest absolute Gasteiger partial charge is 0.497 e. The number of benzene rings is 3. The molecule has 0 saturated heterocycles. The zero-order chi connectivity index (χ0) is 29.7. The van der Waals surface area contributed by atoms with E-state index in [1.54, 1.807) is 18.1 Å². The summed E-state index contributed by atoms with van der Waals surface area (Å²) >= 11 is 0. The Morgan fingerprint density at radius 1 is 0.833 bits per heavy atom. The normalized spacial score (nSPS) is 11.1. The monoisotopic (exact) mass is 563 g/mol. The minimum atomic E-state index is -0.158. The summed E-state index contributed by atoms with van der Waals surface area (Å²) in [6.07, 6.45) is 6.24. The molecule has 0 N–H and O–H groups in total. The van der Waals surface area contributed by atoms with Crippen molar-refractivity contribution in [1.82, 2.24) is 14.4 Å². The molecule has 0 aliphatic rings. The van der Waals surface area contributed by atoms with Crippen LogP contribution in [0.2, 0.25) is 0 Å². The fraction of sp³-hybridized carbons (Fsp3) is 0.278. The fourth-order valence-corrected chi connectivity index (χ4v) is 4.73. The number of carbonyl (C=O) groups excluding carboxylic acids is 2. The molecular formula is C36H41N3O3. The van der Waals surface area contributed by atoms with Gasteiger partial charge in [-0.25, -0.2) is 0 Å². The van der Waals surface area contributed by atoms with E-state index in [0.29, 0.717) is 32.1 Å². The van der Waals surface area contributed by atoms with Gasteiger partial charge in [-0.2, -0.15) is 0 Å². The van der Waals surface area contributed by atoms with Gasteiger partial charge in [0.05, 0.1) is 13.7 Å². The van der Waals surface area contributed by atoms with E-state index in [9.17, 15) is 9.59 Å². The lowest BCUT2D eigenvalue weighted by Gasteiger charge is -2.28. The number of ether oxygens (including phenoxy) is 1. The highest BCUT2D eigenvalue weighted by Crippen LogP contribution is 2.17. The number of hydrogen-bond donors (Lipinski definition) is 0. The van der Waals surface area contributed by atoms with Crippen molar-refractivity contribution in [2.75, 3.05) is 20.2 Å². The fourth-order valence-electron chi connectivity index (χ4n) is 4.73. The topological polar surface area (TPSA) is 54.8 Å². The third-order valence-corrected chi connectivity index (χ3v) is 7.16. The number of amides is 2. The molecule has 6 nitrogen and oxygen atoms in total. The van der Waals surface area contributed by atoms with Crippen molar-refractivity contribution in [2.45, 2.75) is 39.9 Å². The maximum absolute atomic E-state index is 13.9. The van der Waals surface area contributed by atoms with Crippen molar-refractivity contribution in [3.63, 3.8) is 0 Å². The number of hydrogen-bond acceptors (Lipinski definition) is 3. The minimum absolute atomic E-state index is 0.0219. The number of aromatic nitrogens is 1. The maximum Gasteiger partial charge on any atom is 0.247 e. The molecule has 3 aromatic carbocycles. The predicted octanol–water partition coefficient (Wildman–Crippen LogP) is 6.66. The summed E-state index contributed by atoms with van der Waals surface area (Å²) in [6, 6.07) is 31.8. The van der Waals surface area contributed by atoms with Gasteiger partial charge in [0.25, 0.3) is 0 Å². The van der Waals surface area contributed by atoms with Crippen LogP contribution in [-0.2, 0) is 29.2 Å². The van der Waals surface area contributed by atoms with Crippen LogP contribution >= 0.6 is 0 Å². The van der Waals surface area contributed by atoms with E-state index in [4.69, 9.17) is 4.74 Å². The molecule has 0 bridgehead atoms. The minimum Gasteiger partial charge on any atom is -0.497 e. The van der Waals surface area contributed by atoms with Gasteiger partial charge in [-0.15, -0.1) is 0 Å². The first kappa shape index (κ1) is 30.4. The summed E-state index contributed by atoms with van der Waals surface area (Å²) in [5.41, 5.74) is 4.12. The molecule has 2 amide bonds.